The summed E-state index contributed by atoms with van der Waals surface area (Å²) in [7, 11) is -0.689. The fourth-order valence-corrected chi connectivity index (χ4v) is 3.17. The van der Waals surface area contributed by atoms with Crippen LogP contribution in [0.25, 0.3) is 0 Å². The highest BCUT2D eigenvalue weighted by molar-refractivity contribution is 7.89. The van der Waals surface area contributed by atoms with E-state index in [2.05, 4.69) is 20.6 Å². The zero-order valence-electron chi connectivity index (χ0n) is 18.2. The number of ether oxygens (including phenoxy) is 1. The number of nitrogens with two attached hydrogens (primary N) is 1. The van der Waals surface area contributed by atoms with Crippen LogP contribution in [-0.2, 0) is 14.8 Å². The van der Waals surface area contributed by atoms with Gasteiger partial charge in [-0.25, -0.2) is 22.9 Å². The van der Waals surface area contributed by atoms with Crippen molar-refractivity contribution in [2.24, 2.45) is 5.14 Å². The Balaban J connectivity index is 1.75. The zero-order valence-corrected chi connectivity index (χ0v) is 19.0. The second-order valence-electron chi connectivity index (χ2n) is 7.27. The highest BCUT2D eigenvalue weighted by Crippen LogP contribution is 2.25. The molecule has 0 saturated heterocycles. The van der Waals surface area contributed by atoms with Gasteiger partial charge < -0.3 is 20.3 Å². The first kappa shape index (κ1) is 23.9. The Morgan fingerprint density at radius 2 is 1.88 bits per heavy atom. The maximum absolute atomic E-state index is 14.4. The number of nitrogens with one attached hydrogen (secondary N) is 2. The lowest BCUT2D eigenvalue weighted by molar-refractivity contribution is -0.130. The quantitative estimate of drug-likeness (QED) is 0.453. The van der Waals surface area contributed by atoms with Crippen molar-refractivity contribution in [3.63, 3.8) is 0 Å². The van der Waals surface area contributed by atoms with E-state index in [0.29, 0.717) is 22.8 Å². The van der Waals surface area contributed by atoms with E-state index in [0.717, 1.165) is 0 Å². The first-order chi connectivity index (χ1) is 15.5. The average molecular weight is 475 g/mol. The van der Waals surface area contributed by atoms with Crippen LogP contribution in [0.1, 0.15) is 5.56 Å². The fourth-order valence-electron chi connectivity index (χ4n) is 2.61. The monoisotopic (exact) mass is 474 g/mol. The molecule has 174 valence electrons. The van der Waals surface area contributed by atoms with Crippen LogP contribution in [0.4, 0.5) is 27.5 Å². The summed E-state index contributed by atoms with van der Waals surface area (Å²) < 4.78 is 42.7. The van der Waals surface area contributed by atoms with Crippen LogP contribution in [0.3, 0.4) is 0 Å². The highest BCUT2D eigenvalue weighted by Gasteiger charge is 2.12. The third-order valence-electron chi connectivity index (χ3n) is 4.43. The van der Waals surface area contributed by atoms with Crippen LogP contribution in [0.15, 0.2) is 53.6 Å². The fraction of sp³-hybridized carbons (Fsp3) is 0.190. The van der Waals surface area contributed by atoms with Crippen LogP contribution >= 0.6 is 0 Å². The molecule has 1 amide bonds. The predicted octanol–water partition coefficient (Wildman–Crippen LogP) is 2.53. The summed E-state index contributed by atoms with van der Waals surface area (Å²) in [4.78, 5) is 21.5. The number of likely N-dealkylation sites (N-methyl/N-ethyl adjacent to an activating group) is 1. The summed E-state index contributed by atoms with van der Waals surface area (Å²) in [5, 5.41) is 11.1. The molecular weight excluding hydrogens is 451 g/mol. The minimum Gasteiger partial charge on any atom is -0.481 e. The molecule has 1 aromatic heterocycles. The third kappa shape index (κ3) is 6.37. The standard InChI is InChI=1S/C21H23FN6O4S/c1-13-11-24-21(26-14-5-4-6-16(9-14)33(23,30)31)27-20(13)25-15-7-8-18(17(22)10-15)32-12-19(29)28(2)3/h4-11H,12H2,1-3H3,(H2,23,30,31)(H2,24,25,26,27). The summed E-state index contributed by atoms with van der Waals surface area (Å²) in [5.41, 5.74) is 1.52. The van der Waals surface area contributed by atoms with Gasteiger partial charge in [0, 0.05) is 43.3 Å². The number of halogens is 1. The minimum absolute atomic E-state index is 0.0488. The summed E-state index contributed by atoms with van der Waals surface area (Å²) in [6.07, 6.45) is 1.56. The smallest absolute Gasteiger partial charge is 0.259 e. The first-order valence-electron chi connectivity index (χ1n) is 9.66. The molecule has 1 heterocycles. The maximum atomic E-state index is 14.4. The number of amides is 1. The number of anilines is 4. The average Bonchev–Trinajstić information content (AvgIpc) is 2.75. The number of carbonyl (C=O) groups is 1. The molecule has 0 fully saturated rings. The van der Waals surface area contributed by atoms with E-state index >= 15 is 0 Å². The summed E-state index contributed by atoms with van der Waals surface area (Å²) in [6.45, 7) is 1.50. The molecule has 0 saturated carbocycles. The maximum Gasteiger partial charge on any atom is 0.259 e. The van der Waals surface area contributed by atoms with E-state index in [1.54, 1.807) is 39.3 Å². The van der Waals surface area contributed by atoms with Crippen molar-refractivity contribution in [1.82, 2.24) is 14.9 Å². The van der Waals surface area contributed by atoms with Crippen LogP contribution < -0.4 is 20.5 Å². The Kier molecular flexibility index (Phi) is 7.09. The highest BCUT2D eigenvalue weighted by atomic mass is 32.2. The Hall–Kier alpha value is -3.77. The van der Waals surface area contributed by atoms with Crippen molar-refractivity contribution in [2.75, 3.05) is 31.3 Å². The number of sulfonamides is 1. The molecule has 3 aromatic rings. The molecule has 0 aliphatic carbocycles. The number of aryl methyl sites for hydroxylation is 1. The van der Waals surface area contributed by atoms with Gasteiger partial charge in [0.25, 0.3) is 5.91 Å². The van der Waals surface area contributed by atoms with Gasteiger partial charge in [0.1, 0.15) is 5.82 Å². The van der Waals surface area contributed by atoms with Gasteiger partial charge in [-0.1, -0.05) is 6.07 Å². The molecule has 3 rings (SSSR count). The SMILES string of the molecule is Cc1cnc(Nc2cccc(S(N)(=O)=O)c2)nc1Nc1ccc(OCC(=O)N(C)C)c(F)c1. The largest absolute Gasteiger partial charge is 0.481 e. The van der Waals surface area contributed by atoms with Crippen molar-refractivity contribution in [3.8, 4) is 5.75 Å². The molecule has 0 aliphatic heterocycles. The lowest BCUT2D eigenvalue weighted by Crippen LogP contribution is -2.27. The molecule has 0 radical (unpaired) electrons. The number of aromatic nitrogens is 2. The zero-order chi connectivity index (χ0) is 24.2. The minimum atomic E-state index is -3.85. The summed E-state index contributed by atoms with van der Waals surface area (Å²) in [5.74, 6) is -0.380. The number of carbonyl (C=O) groups excluding carboxylic acids is 1. The molecular formula is C21H23FN6O4S. The molecule has 0 aliphatic rings. The molecule has 4 N–H and O–H groups in total. The lowest BCUT2D eigenvalue weighted by Gasteiger charge is -2.14. The second kappa shape index (κ2) is 9.79. The summed E-state index contributed by atoms with van der Waals surface area (Å²) in [6, 6.07) is 10.1. The number of nitrogens with zero attached hydrogens (tertiary/aromatic N) is 3. The van der Waals surface area contributed by atoms with Crippen molar-refractivity contribution in [3.05, 3.63) is 60.0 Å². The van der Waals surface area contributed by atoms with E-state index in [1.807, 2.05) is 0 Å². The van der Waals surface area contributed by atoms with E-state index in [4.69, 9.17) is 9.88 Å². The number of benzene rings is 2. The van der Waals surface area contributed by atoms with Gasteiger partial charge in [-0.3, -0.25) is 4.79 Å². The molecule has 12 heteroatoms. The molecule has 0 unspecified atom stereocenters. The Morgan fingerprint density at radius 1 is 1.15 bits per heavy atom. The van der Waals surface area contributed by atoms with Gasteiger partial charge in [-0.2, -0.15) is 4.98 Å². The Bertz CT molecular complexity index is 1280. The van der Waals surface area contributed by atoms with Crippen molar-refractivity contribution in [1.29, 1.82) is 0 Å². The van der Waals surface area contributed by atoms with E-state index in [1.165, 1.54) is 35.2 Å². The van der Waals surface area contributed by atoms with Crippen LogP contribution in [0.2, 0.25) is 0 Å². The Labute approximate surface area is 190 Å². The van der Waals surface area contributed by atoms with Gasteiger partial charge in [0.15, 0.2) is 18.2 Å². The van der Waals surface area contributed by atoms with E-state index < -0.39 is 15.8 Å². The molecule has 10 nitrogen and oxygen atoms in total. The van der Waals surface area contributed by atoms with Gasteiger partial charge in [-0.15, -0.1) is 0 Å². The normalized spacial score (nSPS) is 11.1. The number of rotatable bonds is 8. The van der Waals surface area contributed by atoms with Crippen molar-refractivity contribution < 1.29 is 22.3 Å². The van der Waals surface area contributed by atoms with E-state index in [-0.39, 0.29) is 29.1 Å². The molecule has 2 aromatic carbocycles. The van der Waals surface area contributed by atoms with Gasteiger partial charge in [0.2, 0.25) is 16.0 Å². The van der Waals surface area contributed by atoms with Crippen LogP contribution in [-0.4, -0.2) is 49.9 Å². The lowest BCUT2D eigenvalue weighted by atomic mass is 10.2. The van der Waals surface area contributed by atoms with Crippen LogP contribution in [0, 0.1) is 12.7 Å². The van der Waals surface area contributed by atoms with E-state index in [9.17, 15) is 17.6 Å². The number of primary sulfonamides is 1. The first-order valence-corrected chi connectivity index (χ1v) is 11.2. The van der Waals surface area contributed by atoms with Crippen LogP contribution in [0.5, 0.6) is 5.75 Å². The predicted molar refractivity (Wildman–Crippen MR) is 122 cm³/mol. The third-order valence-corrected chi connectivity index (χ3v) is 5.35. The molecule has 33 heavy (non-hydrogen) atoms. The topological polar surface area (TPSA) is 140 Å². The van der Waals surface area contributed by atoms with Crippen molar-refractivity contribution in [2.45, 2.75) is 11.8 Å². The van der Waals surface area contributed by atoms with Gasteiger partial charge >= 0.3 is 0 Å². The molecule has 0 atom stereocenters. The number of hydrogen-bond acceptors (Lipinski definition) is 8. The van der Waals surface area contributed by atoms with Gasteiger partial charge in [-0.05, 0) is 37.3 Å². The number of hydrogen-bond donors (Lipinski definition) is 3. The Morgan fingerprint density at radius 3 is 2.55 bits per heavy atom. The van der Waals surface area contributed by atoms with Gasteiger partial charge in [0.05, 0.1) is 4.90 Å². The van der Waals surface area contributed by atoms with Crippen molar-refractivity contribution >= 4 is 39.1 Å². The second-order valence-corrected chi connectivity index (χ2v) is 8.83. The summed E-state index contributed by atoms with van der Waals surface area (Å²) >= 11 is 0. The molecule has 0 bridgehead atoms. The molecule has 0 spiro atoms.